The van der Waals surface area contributed by atoms with Crippen LogP contribution in [-0.2, 0) is 13.1 Å². The zero-order chi connectivity index (χ0) is 20.5. The van der Waals surface area contributed by atoms with Crippen molar-refractivity contribution in [3.63, 3.8) is 0 Å². The standard InChI is InChI=1S/C21H26N6O2.HI/c1-4-23-21(25-13-17-7-10-19(28-2)20(11-17)29-3)24-12-16-5-8-18(9-6-16)27-15-22-14-26-27;/h5-11,14-15H,4,12-13H2,1-3H3,(H2,23,24,25);1H. The quantitative estimate of drug-likeness (QED) is 0.269. The van der Waals surface area contributed by atoms with Crippen molar-refractivity contribution in [1.82, 2.24) is 25.4 Å². The number of halogens is 1. The lowest BCUT2D eigenvalue weighted by Crippen LogP contribution is -2.36. The Morgan fingerprint density at radius 3 is 2.37 bits per heavy atom. The molecule has 1 heterocycles. The molecule has 0 atom stereocenters. The van der Waals surface area contributed by atoms with E-state index in [9.17, 15) is 0 Å². The summed E-state index contributed by atoms with van der Waals surface area (Å²) in [5, 5.41) is 10.8. The highest BCUT2D eigenvalue weighted by molar-refractivity contribution is 14.0. The predicted molar refractivity (Wildman–Crippen MR) is 128 cm³/mol. The van der Waals surface area contributed by atoms with Crippen LogP contribution in [0.25, 0.3) is 5.69 Å². The maximum atomic E-state index is 5.36. The number of rotatable bonds is 8. The van der Waals surface area contributed by atoms with Crippen LogP contribution in [0.1, 0.15) is 18.1 Å². The molecule has 0 saturated carbocycles. The fraction of sp³-hybridized carbons (Fsp3) is 0.286. The number of aromatic nitrogens is 3. The lowest BCUT2D eigenvalue weighted by molar-refractivity contribution is 0.354. The van der Waals surface area contributed by atoms with Gasteiger partial charge < -0.3 is 20.1 Å². The normalized spacial score (nSPS) is 10.8. The zero-order valence-electron chi connectivity index (χ0n) is 17.3. The molecule has 8 nitrogen and oxygen atoms in total. The molecule has 0 fully saturated rings. The number of ether oxygens (including phenoxy) is 2. The molecule has 30 heavy (non-hydrogen) atoms. The Balaban J connectivity index is 0.00000320. The predicted octanol–water partition coefficient (Wildman–Crippen LogP) is 3.16. The first-order chi connectivity index (χ1) is 14.2. The van der Waals surface area contributed by atoms with Crippen molar-refractivity contribution in [3.05, 3.63) is 66.2 Å². The van der Waals surface area contributed by atoms with Crippen LogP contribution in [0.4, 0.5) is 0 Å². The third kappa shape index (κ3) is 6.34. The first-order valence-electron chi connectivity index (χ1n) is 9.40. The van der Waals surface area contributed by atoms with E-state index in [1.807, 2.05) is 37.3 Å². The van der Waals surface area contributed by atoms with Crippen molar-refractivity contribution in [2.24, 2.45) is 4.99 Å². The highest BCUT2D eigenvalue weighted by Crippen LogP contribution is 2.27. The van der Waals surface area contributed by atoms with E-state index in [4.69, 9.17) is 9.47 Å². The van der Waals surface area contributed by atoms with Gasteiger partial charge in [0.25, 0.3) is 0 Å². The van der Waals surface area contributed by atoms with Gasteiger partial charge in [-0.1, -0.05) is 18.2 Å². The van der Waals surface area contributed by atoms with Gasteiger partial charge in [0.15, 0.2) is 17.5 Å². The van der Waals surface area contributed by atoms with E-state index >= 15 is 0 Å². The monoisotopic (exact) mass is 522 g/mol. The van der Waals surface area contributed by atoms with Crippen LogP contribution in [0, 0.1) is 0 Å². The van der Waals surface area contributed by atoms with Gasteiger partial charge >= 0.3 is 0 Å². The summed E-state index contributed by atoms with van der Waals surface area (Å²) in [6, 6.07) is 14.0. The Kier molecular flexibility index (Phi) is 9.39. The van der Waals surface area contributed by atoms with Gasteiger partial charge in [-0.25, -0.2) is 14.7 Å². The SMILES string of the molecule is CCNC(=NCc1ccc(OC)c(OC)c1)NCc1ccc(-n2cncn2)cc1.I. The number of nitrogens with zero attached hydrogens (tertiary/aromatic N) is 4. The molecule has 2 N–H and O–H groups in total. The largest absolute Gasteiger partial charge is 0.493 e. The number of nitrogens with one attached hydrogen (secondary N) is 2. The van der Waals surface area contributed by atoms with E-state index in [1.54, 1.807) is 25.2 Å². The van der Waals surface area contributed by atoms with E-state index in [0.717, 1.165) is 29.3 Å². The number of hydrogen-bond acceptors (Lipinski definition) is 5. The Morgan fingerprint density at radius 1 is 1.00 bits per heavy atom. The summed E-state index contributed by atoms with van der Waals surface area (Å²) in [6.45, 7) is 4.01. The van der Waals surface area contributed by atoms with Gasteiger partial charge in [-0.05, 0) is 42.3 Å². The molecule has 2 aromatic carbocycles. The molecule has 0 spiro atoms. The molecule has 3 aromatic rings. The van der Waals surface area contributed by atoms with Gasteiger partial charge in [-0.3, -0.25) is 0 Å². The molecule has 0 bridgehead atoms. The summed E-state index contributed by atoms with van der Waals surface area (Å²) in [5.41, 5.74) is 3.16. The van der Waals surface area contributed by atoms with E-state index in [1.165, 1.54) is 6.33 Å². The van der Waals surface area contributed by atoms with Gasteiger partial charge in [0, 0.05) is 13.1 Å². The number of aliphatic imine (C=N–C) groups is 1. The lowest BCUT2D eigenvalue weighted by Gasteiger charge is -2.12. The second-order valence-electron chi connectivity index (χ2n) is 6.24. The lowest BCUT2D eigenvalue weighted by atomic mass is 10.2. The van der Waals surface area contributed by atoms with Crippen molar-refractivity contribution in [2.75, 3.05) is 20.8 Å². The highest BCUT2D eigenvalue weighted by atomic mass is 127. The van der Waals surface area contributed by atoms with Gasteiger partial charge in [0.2, 0.25) is 0 Å². The number of hydrogen-bond donors (Lipinski definition) is 2. The summed E-state index contributed by atoms with van der Waals surface area (Å²) < 4.78 is 12.4. The zero-order valence-corrected chi connectivity index (χ0v) is 19.7. The first kappa shape index (κ1) is 23.5. The van der Waals surface area contributed by atoms with Crippen molar-refractivity contribution in [3.8, 4) is 17.2 Å². The highest BCUT2D eigenvalue weighted by Gasteiger charge is 2.05. The minimum absolute atomic E-state index is 0. The topological polar surface area (TPSA) is 85.6 Å². The molecule has 160 valence electrons. The van der Waals surface area contributed by atoms with Crippen molar-refractivity contribution in [2.45, 2.75) is 20.0 Å². The van der Waals surface area contributed by atoms with Gasteiger partial charge in [0.1, 0.15) is 12.7 Å². The van der Waals surface area contributed by atoms with Crippen LogP contribution in [0.15, 0.2) is 60.1 Å². The maximum Gasteiger partial charge on any atom is 0.191 e. The average Bonchev–Trinajstić information content (AvgIpc) is 3.30. The van der Waals surface area contributed by atoms with Crippen LogP contribution in [-0.4, -0.2) is 41.5 Å². The molecule has 0 unspecified atom stereocenters. The van der Waals surface area contributed by atoms with E-state index in [-0.39, 0.29) is 24.0 Å². The maximum absolute atomic E-state index is 5.36. The van der Waals surface area contributed by atoms with Gasteiger partial charge in [0.05, 0.1) is 26.5 Å². The summed E-state index contributed by atoms with van der Waals surface area (Å²) in [7, 11) is 3.26. The minimum atomic E-state index is 0. The second kappa shape index (κ2) is 12.0. The number of guanidine groups is 1. The fourth-order valence-corrected chi connectivity index (χ4v) is 2.78. The smallest absolute Gasteiger partial charge is 0.191 e. The minimum Gasteiger partial charge on any atom is -0.493 e. The number of methoxy groups -OCH3 is 2. The fourth-order valence-electron chi connectivity index (χ4n) is 2.78. The molecular formula is C21H27IN6O2. The van der Waals surface area contributed by atoms with Crippen LogP contribution < -0.4 is 20.1 Å². The van der Waals surface area contributed by atoms with Crippen molar-refractivity contribution in [1.29, 1.82) is 0 Å². The number of benzene rings is 2. The van der Waals surface area contributed by atoms with E-state index < -0.39 is 0 Å². The molecule has 0 amide bonds. The molecule has 1 aromatic heterocycles. The summed E-state index contributed by atoms with van der Waals surface area (Å²) in [4.78, 5) is 8.63. The molecule has 0 aliphatic heterocycles. The summed E-state index contributed by atoms with van der Waals surface area (Å²) in [6.07, 6.45) is 3.20. The van der Waals surface area contributed by atoms with Crippen LogP contribution in [0.3, 0.4) is 0 Å². The van der Waals surface area contributed by atoms with Crippen LogP contribution >= 0.6 is 24.0 Å². The molecule has 0 radical (unpaired) electrons. The Morgan fingerprint density at radius 2 is 1.73 bits per heavy atom. The Labute approximate surface area is 193 Å². The molecule has 3 rings (SSSR count). The average molecular weight is 522 g/mol. The van der Waals surface area contributed by atoms with Gasteiger partial charge in [-0.2, -0.15) is 5.10 Å². The molecule has 0 aliphatic carbocycles. The summed E-state index contributed by atoms with van der Waals surface area (Å²) >= 11 is 0. The molecule has 9 heteroatoms. The molecule has 0 aliphatic rings. The Bertz CT molecular complexity index is 929. The third-order valence-corrected chi connectivity index (χ3v) is 4.29. The van der Waals surface area contributed by atoms with Crippen LogP contribution in [0.5, 0.6) is 11.5 Å². The van der Waals surface area contributed by atoms with E-state index in [0.29, 0.717) is 24.6 Å². The van der Waals surface area contributed by atoms with Crippen molar-refractivity contribution < 1.29 is 9.47 Å². The summed E-state index contributed by atoms with van der Waals surface area (Å²) in [5.74, 6) is 2.16. The Hall–Kier alpha value is -2.82. The third-order valence-electron chi connectivity index (χ3n) is 4.29. The first-order valence-corrected chi connectivity index (χ1v) is 9.40. The van der Waals surface area contributed by atoms with Gasteiger partial charge in [-0.15, -0.1) is 24.0 Å². The van der Waals surface area contributed by atoms with Crippen molar-refractivity contribution >= 4 is 29.9 Å². The second-order valence-corrected chi connectivity index (χ2v) is 6.24. The van der Waals surface area contributed by atoms with Crippen LogP contribution in [0.2, 0.25) is 0 Å². The molecular weight excluding hydrogens is 495 g/mol. The van der Waals surface area contributed by atoms with E-state index in [2.05, 4.69) is 37.8 Å². The molecule has 0 saturated heterocycles.